The quantitative estimate of drug-likeness (QED) is 0.560. The molecule has 28 heavy (non-hydrogen) atoms. The predicted molar refractivity (Wildman–Crippen MR) is 111 cm³/mol. The van der Waals surface area contributed by atoms with Gasteiger partial charge in [-0.15, -0.1) is 0 Å². The van der Waals surface area contributed by atoms with Crippen LogP contribution in [-0.2, 0) is 13.0 Å². The first-order valence-electron chi connectivity index (χ1n) is 9.28. The Bertz CT molecular complexity index is 1060. The highest BCUT2D eigenvalue weighted by Gasteiger charge is 2.12. The number of rotatable bonds is 5. The van der Waals surface area contributed by atoms with Gasteiger partial charge >= 0.3 is 0 Å². The van der Waals surface area contributed by atoms with Gasteiger partial charge in [-0.05, 0) is 11.6 Å². The first-order chi connectivity index (χ1) is 13.8. The van der Waals surface area contributed by atoms with E-state index in [4.69, 9.17) is 10.2 Å². The number of nitrogens with zero attached hydrogens (tertiary/aromatic N) is 5. The van der Waals surface area contributed by atoms with Gasteiger partial charge in [-0.2, -0.15) is 14.9 Å². The van der Waals surface area contributed by atoms with Crippen LogP contribution in [0.2, 0.25) is 0 Å². The van der Waals surface area contributed by atoms with Crippen molar-refractivity contribution in [1.29, 1.82) is 5.26 Å². The first-order valence-corrected chi connectivity index (χ1v) is 9.28. The van der Waals surface area contributed by atoms with Crippen molar-refractivity contribution in [3.8, 4) is 17.3 Å². The molecule has 3 heterocycles. The summed E-state index contributed by atoms with van der Waals surface area (Å²) in [6, 6.07) is 18.1. The number of anilines is 1. The third kappa shape index (κ3) is 4.15. The molecule has 1 N–H and O–H groups in total. The van der Waals surface area contributed by atoms with Gasteiger partial charge in [0.25, 0.3) is 0 Å². The zero-order valence-electron chi connectivity index (χ0n) is 16.0. The van der Waals surface area contributed by atoms with Crippen LogP contribution in [0.25, 0.3) is 16.9 Å². The number of benzene rings is 1. The summed E-state index contributed by atoms with van der Waals surface area (Å²) in [5.41, 5.74) is 4.44. The lowest BCUT2D eigenvalue weighted by molar-refractivity contribution is 0.925. The first kappa shape index (κ1) is 19.1. The number of pyridine rings is 1. The van der Waals surface area contributed by atoms with Crippen molar-refractivity contribution in [1.82, 2.24) is 19.6 Å². The Hall–Kier alpha value is -3.72. The van der Waals surface area contributed by atoms with E-state index in [1.165, 1.54) is 0 Å². The average molecular weight is 370 g/mol. The van der Waals surface area contributed by atoms with Crippen molar-refractivity contribution in [3.05, 3.63) is 78.2 Å². The van der Waals surface area contributed by atoms with Gasteiger partial charge in [-0.3, -0.25) is 4.98 Å². The summed E-state index contributed by atoms with van der Waals surface area (Å²) in [5, 5.41) is 16.9. The molecule has 0 aliphatic rings. The summed E-state index contributed by atoms with van der Waals surface area (Å²) in [7, 11) is 0. The van der Waals surface area contributed by atoms with E-state index in [0.29, 0.717) is 12.2 Å². The average Bonchev–Trinajstić information content (AvgIpc) is 3.18. The summed E-state index contributed by atoms with van der Waals surface area (Å²) in [6.45, 7) is 4.62. The predicted octanol–water partition coefficient (Wildman–Crippen LogP) is 4.50. The highest BCUT2D eigenvalue weighted by Crippen LogP contribution is 2.24. The van der Waals surface area contributed by atoms with Crippen LogP contribution in [0.3, 0.4) is 0 Å². The van der Waals surface area contributed by atoms with Crippen LogP contribution in [0, 0.1) is 11.3 Å². The molecule has 4 rings (SSSR count). The summed E-state index contributed by atoms with van der Waals surface area (Å²) in [4.78, 5) is 8.88. The summed E-state index contributed by atoms with van der Waals surface area (Å²) < 4.78 is 1.75. The fourth-order valence-corrected chi connectivity index (χ4v) is 2.80. The smallest absolute Gasteiger partial charge is 0.162 e. The van der Waals surface area contributed by atoms with E-state index >= 15 is 0 Å². The SMILES string of the molecule is CC.N#CCc1cnn2c(NCc3cccnc3)cc(-c3ccccc3)nc12. The lowest BCUT2D eigenvalue weighted by Crippen LogP contribution is -2.07. The maximum absolute atomic E-state index is 9.07. The fourth-order valence-electron chi connectivity index (χ4n) is 2.80. The van der Waals surface area contributed by atoms with Crippen molar-refractivity contribution in [2.75, 3.05) is 5.32 Å². The van der Waals surface area contributed by atoms with Gasteiger partial charge in [-0.1, -0.05) is 50.2 Å². The fraction of sp³-hybridized carbons (Fsp3) is 0.182. The van der Waals surface area contributed by atoms with Gasteiger partial charge in [-0.25, -0.2) is 4.98 Å². The Balaban J connectivity index is 0.00000109. The van der Waals surface area contributed by atoms with Crippen LogP contribution < -0.4 is 5.32 Å². The van der Waals surface area contributed by atoms with E-state index in [1.807, 2.05) is 68.6 Å². The molecule has 0 saturated heterocycles. The lowest BCUT2D eigenvalue weighted by atomic mass is 10.1. The molecule has 0 bridgehead atoms. The maximum atomic E-state index is 9.07. The number of hydrogen-bond acceptors (Lipinski definition) is 5. The van der Waals surface area contributed by atoms with Gasteiger partial charge < -0.3 is 5.32 Å². The molecule has 3 aromatic heterocycles. The second-order valence-electron chi connectivity index (χ2n) is 5.85. The van der Waals surface area contributed by atoms with Crippen molar-refractivity contribution in [3.63, 3.8) is 0 Å². The molecule has 1 aromatic carbocycles. The number of aromatic nitrogens is 4. The van der Waals surface area contributed by atoms with E-state index in [9.17, 15) is 0 Å². The minimum atomic E-state index is 0.275. The Morgan fingerprint density at radius 3 is 2.61 bits per heavy atom. The molecule has 6 heteroatoms. The largest absolute Gasteiger partial charge is 0.366 e. The third-order valence-corrected chi connectivity index (χ3v) is 4.08. The molecule has 0 spiro atoms. The topological polar surface area (TPSA) is 78.9 Å². The Morgan fingerprint density at radius 2 is 1.89 bits per heavy atom. The van der Waals surface area contributed by atoms with E-state index < -0.39 is 0 Å². The molecule has 0 aliphatic carbocycles. The van der Waals surface area contributed by atoms with E-state index in [1.54, 1.807) is 16.9 Å². The van der Waals surface area contributed by atoms with Crippen molar-refractivity contribution in [2.24, 2.45) is 0 Å². The molecule has 0 atom stereocenters. The molecule has 0 unspecified atom stereocenters. The van der Waals surface area contributed by atoms with Crippen molar-refractivity contribution < 1.29 is 0 Å². The number of hydrogen-bond donors (Lipinski definition) is 1. The van der Waals surface area contributed by atoms with E-state index in [2.05, 4.69) is 21.5 Å². The standard InChI is InChI=1S/C20H16N6.C2H6/c21-9-8-17-14-24-26-19(23-13-15-5-4-10-22-12-15)11-18(25-20(17)26)16-6-2-1-3-7-16;1-2/h1-7,10-12,14,23H,8,13H2;1-2H3. The van der Waals surface area contributed by atoms with Crippen molar-refractivity contribution in [2.45, 2.75) is 26.8 Å². The molecule has 140 valence electrons. The molecular weight excluding hydrogens is 348 g/mol. The van der Waals surface area contributed by atoms with E-state index in [-0.39, 0.29) is 6.42 Å². The van der Waals surface area contributed by atoms with Gasteiger partial charge in [0.1, 0.15) is 5.82 Å². The molecule has 0 aliphatic heterocycles. The van der Waals surface area contributed by atoms with Gasteiger partial charge in [0.05, 0.1) is 24.4 Å². The van der Waals surface area contributed by atoms with Crippen LogP contribution >= 0.6 is 0 Å². The minimum absolute atomic E-state index is 0.275. The molecule has 0 radical (unpaired) electrons. The number of nitrogens with one attached hydrogen (secondary N) is 1. The molecule has 0 saturated carbocycles. The van der Waals surface area contributed by atoms with Crippen molar-refractivity contribution >= 4 is 11.5 Å². The van der Waals surface area contributed by atoms with E-state index in [0.717, 1.165) is 28.2 Å². The zero-order chi connectivity index (χ0) is 19.8. The Kier molecular flexibility index (Phi) is 6.32. The third-order valence-electron chi connectivity index (χ3n) is 4.08. The zero-order valence-corrected chi connectivity index (χ0v) is 16.0. The van der Waals surface area contributed by atoms with Gasteiger partial charge in [0, 0.05) is 36.1 Å². The molecule has 0 amide bonds. The van der Waals surface area contributed by atoms with Crippen LogP contribution in [0.4, 0.5) is 5.82 Å². The minimum Gasteiger partial charge on any atom is -0.366 e. The summed E-state index contributed by atoms with van der Waals surface area (Å²) in [6.07, 6.45) is 5.56. The lowest BCUT2D eigenvalue weighted by Gasteiger charge is -2.11. The van der Waals surface area contributed by atoms with Gasteiger partial charge in [0.15, 0.2) is 5.65 Å². The molecular formula is C22H22N6. The summed E-state index contributed by atoms with van der Waals surface area (Å²) >= 11 is 0. The van der Waals surface area contributed by atoms with Crippen LogP contribution in [0.5, 0.6) is 0 Å². The van der Waals surface area contributed by atoms with Crippen LogP contribution in [0.15, 0.2) is 67.1 Å². The molecule has 6 nitrogen and oxygen atoms in total. The maximum Gasteiger partial charge on any atom is 0.162 e. The monoisotopic (exact) mass is 370 g/mol. The molecule has 4 aromatic rings. The normalized spacial score (nSPS) is 10.0. The van der Waals surface area contributed by atoms with Crippen LogP contribution in [-0.4, -0.2) is 19.6 Å². The second-order valence-corrected chi connectivity index (χ2v) is 5.85. The Morgan fingerprint density at radius 1 is 1.07 bits per heavy atom. The highest BCUT2D eigenvalue weighted by atomic mass is 15.3. The molecule has 0 fully saturated rings. The van der Waals surface area contributed by atoms with Gasteiger partial charge in [0.2, 0.25) is 0 Å². The number of fused-ring (bicyclic) bond motifs is 1. The second kappa shape index (κ2) is 9.28. The highest BCUT2D eigenvalue weighted by molar-refractivity contribution is 5.68. The Labute approximate surface area is 164 Å². The summed E-state index contributed by atoms with van der Waals surface area (Å²) in [5.74, 6) is 0.821. The van der Waals surface area contributed by atoms with Crippen LogP contribution in [0.1, 0.15) is 25.0 Å². The number of nitriles is 1.